The van der Waals surface area contributed by atoms with E-state index in [1.165, 1.54) is 0 Å². The van der Waals surface area contributed by atoms with Crippen LogP contribution in [0.25, 0.3) is 38.5 Å². The maximum absolute atomic E-state index is 13.4. The predicted octanol–water partition coefficient (Wildman–Crippen LogP) is 5.77. The first kappa shape index (κ1) is 22.0. The first-order valence-electron chi connectivity index (χ1n) is 10.6. The van der Waals surface area contributed by atoms with Crippen LogP contribution in [0.2, 0.25) is 0 Å². The third-order valence-electron chi connectivity index (χ3n) is 5.89. The number of phenolic OH excluding ortho intramolecular Hbond substituents is 1. The second-order valence-electron chi connectivity index (χ2n) is 8.05. The van der Waals surface area contributed by atoms with E-state index in [9.17, 15) is 9.90 Å². The third kappa shape index (κ3) is 3.49. The summed E-state index contributed by atoms with van der Waals surface area (Å²) < 4.78 is 2.04. The minimum atomic E-state index is -0.254. The van der Waals surface area contributed by atoms with E-state index in [0.717, 1.165) is 38.6 Å². The number of carbonyl (C=O) groups is 1. The number of hydrogen-bond acceptors (Lipinski definition) is 4. The average Bonchev–Trinajstić information content (AvgIpc) is 3.17. The number of rotatable bonds is 3. The summed E-state index contributed by atoms with van der Waals surface area (Å²) in [5.41, 5.74) is 3.95. The summed E-state index contributed by atoms with van der Waals surface area (Å²) >= 11 is 0. The van der Waals surface area contributed by atoms with Crippen LogP contribution in [0.5, 0.6) is 5.75 Å². The molecule has 0 amide bonds. The summed E-state index contributed by atoms with van der Waals surface area (Å²) in [7, 11) is 0. The molecule has 0 unspecified atom stereocenters. The zero-order valence-electron chi connectivity index (χ0n) is 18.1. The number of aryl methyl sites for hydroxylation is 1. The van der Waals surface area contributed by atoms with Gasteiger partial charge in [0.15, 0.2) is 0 Å². The minimum Gasteiger partial charge on any atom is -0.506 e. The smallest absolute Gasteiger partial charge is 0.141 e. The maximum atomic E-state index is 13.4. The molecule has 6 heteroatoms. The van der Waals surface area contributed by atoms with Gasteiger partial charge in [-0.05, 0) is 53.7 Å². The number of hydrogen-bond donors (Lipinski definition) is 1. The van der Waals surface area contributed by atoms with Gasteiger partial charge in [0.05, 0.1) is 5.69 Å². The molecule has 34 heavy (non-hydrogen) atoms. The molecule has 1 N–H and O–H groups in total. The summed E-state index contributed by atoms with van der Waals surface area (Å²) in [5, 5.41) is 13.0. The van der Waals surface area contributed by atoms with Crippen molar-refractivity contribution in [3.05, 3.63) is 108 Å². The Morgan fingerprint density at radius 2 is 1.79 bits per heavy atom. The van der Waals surface area contributed by atoms with Gasteiger partial charge < -0.3 is 14.5 Å². The zero-order valence-corrected chi connectivity index (χ0v) is 20.4. The van der Waals surface area contributed by atoms with Crippen LogP contribution in [0.1, 0.15) is 21.6 Å². The van der Waals surface area contributed by atoms with Crippen LogP contribution in [-0.2, 0) is 21.1 Å². The Labute approximate surface area is 210 Å². The Morgan fingerprint density at radius 3 is 2.65 bits per heavy atom. The third-order valence-corrected chi connectivity index (χ3v) is 5.89. The van der Waals surface area contributed by atoms with Crippen LogP contribution in [0, 0.1) is 13.0 Å². The van der Waals surface area contributed by atoms with E-state index in [4.69, 9.17) is 0 Å². The first-order chi connectivity index (χ1) is 16.1. The average molecular weight is 624 g/mol. The first-order valence-corrected chi connectivity index (χ1v) is 10.6. The molecule has 0 radical (unpaired) electrons. The molecule has 3 aromatic carbocycles. The normalized spacial score (nSPS) is 11.1. The SMILES string of the molecule is Cc1ccnc(-n2c3[c-]c(C(=O)c4ccc5cccc(O)c5n4)ccc3c3ccccc32)c1.[Pt]. The van der Waals surface area contributed by atoms with Crippen LogP contribution in [0.15, 0.2) is 85.1 Å². The molecule has 0 atom stereocenters. The van der Waals surface area contributed by atoms with Crippen molar-refractivity contribution in [3.63, 3.8) is 0 Å². The second kappa shape index (κ2) is 8.51. The topological polar surface area (TPSA) is 68.0 Å². The number of nitrogens with zero attached hydrogens (tertiary/aromatic N) is 3. The van der Waals surface area contributed by atoms with Gasteiger partial charge in [-0.2, -0.15) is 0 Å². The molecule has 0 aliphatic carbocycles. The van der Waals surface area contributed by atoms with E-state index in [-0.39, 0.29) is 38.3 Å². The maximum Gasteiger partial charge on any atom is 0.141 e. The molecule has 5 nitrogen and oxygen atoms in total. The van der Waals surface area contributed by atoms with Crippen LogP contribution in [0.3, 0.4) is 0 Å². The van der Waals surface area contributed by atoms with Gasteiger partial charge in [-0.25, -0.2) is 4.98 Å². The molecule has 0 aliphatic rings. The van der Waals surface area contributed by atoms with Crippen LogP contribution < -0.4 is 0 Å². The largest absolute Gasteiger partial charge is 0.506 e. The van der Waals surface area contributed by atoms with Crippen LogP contribution >= 0.6 is 0 Å². The molecule has 6 aromatic rings. The van der Waals surface area contributed by atoms with Crippen LogP contribution in [0.4, 0.5) is 0 Å². The molecule has 3 heterocycles. The van der Waals surface area contributed by atoms with E-state index in [2.05, 4.69) is 22.1 Å². The summed E-state index contributed by atoms with van der Waals surface area (Å²) in [6.07, 6.45) is 1.78. The van der Waals surface area contributed by atoms with Crippen LogP contribution in [-0.4, -0.2) is 25.4 Å². The predicted molar refractivity (Wildman–Crippen MR) is 129 cm³/mol. The van der Waals surface area contributed by atoms with Crippen molar-refractivity contribution in [1.82, 2.24) is 14.5 Å². The molecule has 0 saturated carbocycles. The van der Waals surface area contributed by atoms with Crippen molar-refractivity contribution in [2.24, 2.45) is 0 Å². The van der Waals surface area contributed by atoms with E-state index in [0.29, 0.717) is 11.1 Å². The Balaban J connectivity index is 0.00000241. The van der Waals surface area contributed by atoms with Crippen molar-refractivity contribution in [3.8, 4) is 11.6 Å². The van der Waals surface area contributed by atoms with E-state index < -0.39 is 0 Å². The Morgan fingerprint density at radius 1 is 0.941 bits per heavy atom. The number of para-hydroxylation sites is 2. The Bertz CT molecular complexity index is 1720. The standard InChI is InChI=1S/C28H18N3O2.Pt/c1-17-13-14-29-26(15-17)31-23-7-3-2-6-20(23)21-11-9-19(16-24(21)31)28(33)22-12-10-18-5-4-8-25(32)27(18)30-22;/h2-15,32H,1H3;/q-1;. The van der Waals surface area contributed by atoms with Gasteiger partial charge in [0.1, 0.15) is 22.9 Å². The van der Waals surface area contributed by atoms with E-state index in [1.807, 2.05) is 54.0 Å². The van der Waals surface area contributed by atoms with Crippen molar-refractivity contribution in [1.29, 1.82) is 0 Å². The number of aromatic hydroxyl groups is 1. The van der Waals surface area contributed by atoms with Crippen molar-refractivity contribution >= 4 is 38.5 Å². The quantitative estimate of drug-likeness (QED) is 0.201. The number of ketones is 1. The minimum absolute atomic E-state index is 0. The number of benzene rings is 3. The van der Waals surface area contributed by atoms with Gasteiger partial charge in [0.25, 0.3) is 0 Å². The van der Waals surface area contributed by atoms with Gasteiger partial charge >= 0.3 is 0 Å². The molecule has 3 aromatic heterocycles. The molecular formula is C28H18N3O2Pt-. The fourth-order valence-corrected chi connectivity index (χ4v) is 4.30. The fraction of sp³-hybridized carbons (Fsp3) is 0.0357. The molecule has 168 valence electrons. The monoisotopic (exact) mass is 623 g/mol. The number of pyridine rings is 2. The van der Waals surface area contributed by atoms with Gasteiger partial charge in [-0.3, -0.25) is 4.98 Å². The van der Waals surface area contributed by atoms with Gasteiger partial charge in [-0.15, -0.1) is 18.2 Å². The number of aromatic nitrogens is 3. The fourth-order valence-electron chi connectivity index (χ4n) is 4.30. The molecule has 0 fully saturated rings. The second-order valence-corrected chi connectivity index (χ2v) is 8.05. The number of phenols is 1. The van der Waals surface area contributed by atoms with Crippen molar-refractivity contribution in [2.45, 2.75) is 6.92 Å². The summed E-state index contributed by atoms with van der Waals surface area (Å²) in [6.45, 7) is 2.03. The number of carbonyl (C=O) groups excluding carboxylic acids is 1. The van der Waals surface area contributed by atoms with Gasteiger partial charge in [0, 0.05) is 38.2 Å². The van der Waals surface area contributed by atoms with E-state index in [1.54, 1.807) is 36.5 Å². The Hall–Kier alpha value is -3.82. The molecule has 0 aliphatic heterocycles. The van der Waals surface area contributed by atoms with Crippen molar-refractivity contribution < 1.29 is 31.0 Å². The molecular weight excluding hydrogens is 605 g/mol. The summed E-state index contributed by atoms with van der Waals surface area (Å²) in [6, 6.07) is 27.8. The summed E-state index contributed by atoms with van der Waals surface area (Å²) in [5.74, 6) is 0.569. The molecule has 0 spiro atoms. The Kier molecular flexibility index (Phi) is 5.50. The van der Waals surface area contributed by atoms with Gasteiger partial charge in [0.2, 0.25) is 0 Å². The van der Waals surface area contributed by atoms with Gasteiger partial charge in [-0.1, -0.05) is 47.3 Å². The van der Waals surface area contributed by atoms with Crippen molar-refractivity contribution in [2.75, 3.05) is 0 Å². The molecule has 0 bridgehead atoms. The van der Waals surface area contributed by atoms with E-state index >= 15 is 0 Å². The summed E-state index contributed by atoms with van der Waals surface area (Å²) in [4.78, 5) is 22.4. The number of fused-ring (bicyclic) bond motifs is 4. The molecule has 6 rings (SSSR count). The molecule has 0 saturated heterocycles. The zero-order chi connectivity index (χ0) is 22.5.